The molecule has 4 aromatic rings. The van der Waals surface area contributed by atoms with Crippen molar-refractivity contribution in [2.24, 2.45) is 0 Å². The van der Waals surface area contributed by atoms with Crippen molar-refractivity contribution in [3.63, 3.8) is 0 Å². The van der Waals surface area contributed by atoms with Crippen LogP contribution in [0.25, 0.3) is 21.9 Å². The fraction of sp³-hybridized carbons (Fsp3) is 0.280. The summed E-state index contributed by atoms with van der Waals surface area (Å²) in [5.41, 5.74) is 2.80. The molecular formula is C25H23ClN4O3. The number of halogens is 1. The molecule has 0 unspecified atom stereocenters. The number of fused-ring (bicyclic) bond motifs is 2. The van der Waals surface area contributed by atoms with E-state index in [1.54, 1.807) is 25.6 Å². The molecule has 1 aliphatic heterocycles. The minimum Gasteiger partial charge on any atom is -0.497 e. The Morgan fingerprint density at radius 3 is 2.79 bits per heavy atom. The van der Waals surface area contributed by atoms with Crippen molar-refractivity contribution in [2.45, 2.75) is 18.9 Å². The van der Waals surface area contributed by atoms with Crippen molar-refractivity contribution in [1.29, 1.82) is 5.26 Å². The van der Waals surface area contributed by atoms with Gasteiger partial charge < -0.3 is 24.1 Å². The molecule has 168 valence electrons. The lowest BCUT2D eigenvalue weighted by Crippen LogP contribution is -2.35. The molecule has 3 heterocycles. The Balaban J connectivity index is 1.67. The minimum absolute atomic E-state index is 0.0622. The summed E-state index contributed by atoms with van der Waals surface area (Å²) in [4.78, 5) is 6.81. The summed E-state index contributed by atoms with van der Waals surface area (Å²) >= 11 is 6.54. The zero-order valence-electron chi connectivity index (χ0n) is 18.4. The Morgan fingerprint density at radius 1 is 1.21 bits per heavy atom. The van der Waals surface area contributed by atoms with Crippen LogP contribution in [0.15, 0.2) is 47.2 Å². The number of furan rings is 1. The maximum Gasteiger partial charge on any atom is 0.158 e. The second-order valence-electron chi connectivity index (χ2n) is 8.19. The number of methoxy groups -OCH3 is 1. The van der Waals surface area contributed by atoms with Gasteiger partial charge in [-0.1, -0.05) is 11.6 Å². The van der Waals surface area contributed by atoms with Crippen LogP contribution in [0.4, 0.5) is 11.4 Å². The van der Waals surface area contributed by atoms with E-state index in [-0.39, 0.29) is 6.10 Å². The first-order chi connectivity index (χ1) is 16.1. The SMILES string of the molecule is COc1cc(OC2CCN(C)CC2)c2c(Nc3c(Cl)ccc4ccoc34)c(C#N)cnc2c1. The Morgan fingerprint density at radius 2 is 2.03 bits per heavy atom. The molecule has 0 spiro atoms. The molecule has 0 atom stereocenters. The summed E-state index contributed by atoms with van der Waals surface area (Å²) in [6.45, 7) is 1.94. The molecule has 0 amide bonds. The zero-order chi connectivity index (χ0) is 22.9. The van der Waals surface area contributed by atoms with E-state index in [0.29, 0.717) is 49.9 Å². The highest BCUT2D eigenvalue weighted by molar-refractivity contribution is 6.35. The number of pyridine rings is 1. The van der Waals surface area contributed by atoms with Crippen molar-refractivity contribution >= 4 is 44.8 Å². The van der Waals surface area contributed by atoms with Gasteiger partial charge in [-0.3, -0.25) is 4.98 Å². The van der Waals surface area contributed by atoms with Crippen molar-refractivity contribution in [2.75, 3.05) is 32.6 Å². The van der Waals surface area contributed by atoms with Crippen molar-refractivity contribution < 1.29 is 13.9 Å². The lowest BCUT2D eigenvalue weighted by atomic mass is 10.1. The van der Waals surface area contributed by atoms with E-state index >= 15 is 0 Å². The van der Waals surface area contributed by atoms with Gasteiger partial charge in [0.15, 0.2) is 5.58 Å². The number of anilines is 2. The largest absolute Gasteiger partial charge is 0.497 e. The lowest BCUT2D eigenvalue weighted by Gasteiger charge is -2.30. The number of benzene rings is 2. The van der Waals surface area contributed by atoms with Gasteiger partial charge in [0, 0.05) is 36.8 Å². The van der Waals surface area contributed by atoms with E-state index in [2.05, 4.69) is 28.3 Å². The topological polar surface area (TPSA) is 83.5 Å². The van der Waals surface area contributed by atoms with Crippen molar-refractivity contribution in [3.8, 4) is 17.6 Å². The van der Waals surface area contributed by atoms with Crippen molar-refractivity contribution in [3.05, 3.63) is 53.4 Å². The van der Waals surface area contributed by atoms with Crippen LogP contribution in [-0.2, 0) is 0 Å². The molecule has 7 nitrogen and oxygen atoms in total. The van der Waals surface area contributed by atoms with Gasteiger partial charge in [0.2, 0.25) is 0 Å². The third-order valence-electron chi connectivity index (χ3n) is 6.04. The summed E-state index contributed by atoms with van der Waals surface area (Å²) in [5.74, 6) is 1.26. The van der Waals surface area contributed by atoms with Crippen LogP contribution in [0.5, 0.6) is 11.5 Å². The number of piperidine rings is 1. The molecule has 1 fully saturated rings. The highest BCUT2D eigenvalue weighted by atomic mass is 35.5. The maximum atomic E-state index is 9.88. The Hall–Kier alpha value is -3.47. The fourth-order valence-electron chi connectivity index (χ4n) is 4.22. The standard InChI is InChI=1S/C25H23ClN4O3/c1-30-8-5-17(6-9-30)33-21-12-18(31-2)11-20-22(21)23(16(13-27)14-28-20)29-24-19(26)4-3-15-7-10-32-25(15)24/h3-4,7,10-12,14,17H,5-6,8-9H2,1-2H3,(H,28,29). The smallest absolute Gasteiger partial charge is 0.158 e. The van der Waals surface area contributed by atoms with Crippen LogP contribution in [0.2, 0.25) is 5.02 Å². The number of likely N-dealkylation sites (tertiary alicyclic amines) is 1. The molecule has 5 rings (SSSR count). The number of rotatable bonds is 5. The lowest BCUT2D eigenvalue weighted by molar-refractivity contribution is 0.115. The Labute approximate surface area is 196 Å². The predicted molar refractivity (Wildman–Crippen MR) is 129 cm³/mol. The molecule has 0 aliphatic carbocycles. The molecule has 1 saturated heterocycles. The van der Waals surface area contributed by atoms with Gasteiger partial charge in [0.1, 0.15) is 29.4 Å². The summed E-state index contributed by atoms with van der Waals surface area (Å²) in [6.07, 6.45) is 5.05. The third-order valence-corrected chi connectivity index (χ3v) is 6.36. The third kappa shape index (κ3) is 4.04. The van der Waals surface area contributed by atoms with E-state index < -0.39 is 0 Å². The second kappa shape index (κ2) is 8.81. The van der Waals surface area contributed by atoms with Crippen LogP contribution >= 0.6 is 11.6 Å². The maximum absolute atomic E-state index is 9.88. The molecule has 1 aliphatic rings. The minimum atomic E-state index is 0.0622. The average molecular weight is 463 g/mol. The normalized spacial score (nSPS) is 15.0. The molecule has 2 aromatic heterocycles. The van der Waals surface area contributed by atoms with Crippen LogP contribution < -0.4 is 14.8 Å². The number of hydrogen-bond donors (Lipinski definition) is 1. The summed E-state index contributed by atoms with van der Waals surface area (Å²) in [6, 6.07) is 11.5. The van der Waals surface area contributed by atoms with E-state index in [1.807, 2.05) is 24.3 Å². The second-order valence-corrected chi connectivity index (χ2v) is 8.59. The first-order valence-electron chi connectivity index (χ1n) is 10.8. The Bertz CT molecular complexity index is 1370. The number of aromatic nitrogens is 1. The zero-order valence-corrected chi connectivity index (χ0v) is 19.1. The van der Waals surface area contributed by atoms with E-state index in [9.17, 15) is 5.26 Å². The predicted octanol–water partition coefficient (Wildman–Crippen LogP) is 5.73. The molecule has 0 bridgehead atoms. The fourth-order valence-corrected chi connectivity index (χ4v) is 4.42. The van der Waals surface area contributed by atoms with Gasteiger partial charge in [-0.2, -0.15) is 5.26 Å². The van der Waals surface area contributed by atoms with Crippen LogP contribution in [0, 0.1) is 11.3 Å². The van der Waals surface area contributed by atoms with E-state index in [1.165, 1.54) is 0 Å². The van der Waals surface area contributed by atoms with E-state index in [0.717, 1.165) is 31.3 Å². The summed E-state index contributed by atoms with van der Waals surface area (Å²) in [7, 11) is 3.72. The van der Waals surface area contributed by atoms with Gasteiger partial charge in [0.25, 0.3) is 0 Å². The summed E-state index contributed by atoms with van der Waals surface area (Å²) < 4.78 is 17.7. The van der Waals surface area contributed by atoms with Gasteiger partial charge in [-0.25, -0.2) is 0 Å². The first kappa shape index (κ1) is 21.4. The number of hydrogen-bond acceptors (Lipinski definition) is 7. The van der Waals surface area contributed by atoms with Gasteiger partial charge in [-0.15, -0.1) is 0 Å². The van der Waals surface area contributed by atoms with Gasteiger partial charge in [-0.05, 0) is 38.1 Å². The highest BCUT2D eigenvalue weighted by Crippen LogP contribution is 2.42. The van der Waals surface area contributed by atoms with E-state index in [4.69, 9.17) is 25.5 Å². The van der Waals surface area contributed by atoms with Crippen molar-refractivity contribution in [1.82, 2.24) is 9.88 Å². The number of nitrogens with zero attached hydrogens (tertiary/aromatic N) is 3. The molecule has 0 saturated carbocycles. The van der Waals surface area contributed by atoms with Crippen LogP contribution in [0.3, 0.4) is 0 Å². The molecule has 8 heteroatoms. The van der Waals surface area contributed by atoms with Gasteiger partial charge >= 0.3 is 0 Å². The summed E-state index contributed by atoms with van der Waals surface area (Å²) in [5, 5.41) is 15.3. The molecule has 1 N–H and O–H groups in total. The molecular weight excluding hydrogens is 440 g/mol. The highest BCUT2D eigenvalue weighted by Gasteiger charge is 2.23. The quantitative estimate of drug-likeness (QED) is 0.405. The average Bonchev–Trinajstić information content (AvgIpc) is 3.31. The number of nitriles is 1. The molecule has 0 radical (unpaired) electrons. The first-order valence-corrected chi connectivity index (χ1v) is 11.1. The number of ether oxygens (including phenoxy) is 2. The monoisotopic (exact) mass is 462 g/mol. The molecule has 2 aromatic carbocycles. The van der Waals surface area contributed by atoms with Crippen LogP contribution in [-0.4, -0.2) is 43.2 Å². The Kier molecular flexibility index (Phi) is 5.71. The van der Waals surface area contributed by atoms with Gasteiger partial charge in [0.05, 0.1) is 40.5 Å². The molecule has 33 heavy (non-hydrogen) atoms. The number of nitrogens with one attached hydrogen (secondary N) is 1. The van der Waals surface area contributed by atoms with Crippen LogP contribution in [0.1, 0.15) is 18.4 Å².